The van der Waals surface area contributed by atoms with Crippen LogP contribution in [0.1, 0.15) is 12.5 Å². The second-order valence-corrected chi connectivity index (χ2v) is 9.14. The van der Waals surface area contributed by atoms with E-state index in [-0.39, 0.29) is 20.6 Å². The molecule has 0 heterocycles. The fraction of sp³-hybridized carbons (Fsp3) is 0.0909. The summed E-state index contributed by atoms with van der Waals surface area (Å²) in [6.45, 7) is 1.20. The van der Waals surface area contributed by atoms with Crippen LogP contribution >= 0.6 is 23.2 Å². The van der Waals surface area contributed by atoms with Crippen molar-refractivity contribution in [3.05, 3.63) is 94.5 Å². The topological polar surface area (TPSA) is 78.8 Å². The molecule has 0 bridgehead atoms. The minimum atomic E-state index is -4.10. The molecule has 0 aromatic heterocycles. The number of hydrogen-bond donors (Lipinski definition) is 1. The zero-order chi connectivity index (χ0) is 22.4. The van der Waals surface area contributed by atoms with Gasteiger partial charge in [-0.1, -0.05) is 77.8 Å². The number of nitrogens with zero attached hydrogens (tertiary/aromatic N) is 2. The van der Waals surface area contributed by atoms with Gasteiger partial charge in [0.1, 0.15) is 6.54 Å². The van der Waals surface area contributed by atoms with Crippen LogP contribution in [0.3, 0.4) is 0 Å². The highest BCUT2D eigenvalue weighted by atomic mass is 35.5. The Morgan fingerprint density at radius 2 is 1.55 bits per heavy atom. The summed E-state index contributed by atoms with van der Waals surface area (Å²) in [6.07, 6.45) is 0. The quantitative estimate of drug-likeness (QED) is 0.396. The average molecular weight is 476 g/mol. The molecule has 0 saturated carbocycles. The van der Waals surface area contributed by atoms with Crippen LogP contribution in [-0.4, -0.2) is 26.6 Å². The monoisotopic (exact) mass is 475 g/mol. The first-order valence-corrected chi connectivity index (χ1v) is 11.4. The summed E-state index contributed by atoms with van der Waals surface area (Å²) in [4.78, 5) is 12.7. The summed E-state index contributed by atoms with van der Waals surface area (Å²) in [5, 5.41) is 4.27. The van der Waals surface area contributed by atoms with E-state index in [1.165, 1.54) is 24.3 Å². The zero-order valence-electron chi connectivity index (χ0n) is 16.5. The van der Waals surface area contributed by atoms with Gasteiger partial charge in [0, 0.05) is 0 Å². The van der Waals surface area contributed by atoms with E-state index in [2.05, 4.69) is 10.5 Å². The maximum Gasteiger partial charge on any atom is 0.264 e. The molecule has 160 valence electrons. The minimum absolute atomic E-state index is 0.0165. The molecule has 0 aliphatic heterocycles. The van der Waals surface area contributed by atoms with E-state index in [1.807, 2.05) is 30.3 Å². The Balaban J connectivity index is 1.92. The lowest BCUT2D eigenvalue weighted by Crippen LogP contribution is -2.40. The fourth-order valence-electron chi connectivity index (χ4n) is 2.76. The molecule has 3 aromatic carbocycles. The molecular weight excluding hydrogens is 457 g/mol. The van der Waals surface area contributed by atoms with Gasteiger partial charge < -0.3 is 0 Å². The molecule has 1 amide bonds. The highest BCUT2D eigenvalue weighted by molar-refractivity contribution is 7.92. The van der Waals surface area contributed by atoms with Crippen molar-refractivity contribution >= 4 is 50.5 Å². The Hall–Kier alpha value is -2.87. The van der Waals surface area contributed by atoms with Crippen molar-refractivity contribution < 1.29 is 13.2 Å². The molecule has 31 heavy (non-hydrogen) atoms. The van der Waals surface area contributed by atoms with Crippen LogP contribution in [0.25, 0.3) is 0 Å². The number of carbonyl (C=O) groups is 1. The smallest absolute Gasteiger partial charge is 0.264 e. The molecule has 0 aliphatic rings. The molecule has 1 N–H and O–H groups in total. The van der Waals surface area contributed by atoms with Gasteiger partial charge in [0.2, 0.25) is 0 Å². The number of halogens is 2. The van der Waals surface area contributed by atoms with Crippen molar-refractivity contribution in [2.75, 3.05) is 10.8 Å². The van der Waals surface area contributed by atoms with Gasteiger partial charge in [-0.3, -0.25) is 9.10 Å². The third kappa shape index (κ3) is 5.44. The van der Waals surface area contributed by atoms with E-state index >= 15 is 0 Å². The first-order valence-electron chi connectivity index (χ1n) is 9.21. The van der Waals surface area contributed by atoms with Gasteiger partial charge in [-0.2, -0.15) is 5.10 Å². The Morgan fingerprint density at radius 3 is 2.19 bits per heavy atom. The number of sulfonamides is 1. The Kier molecular flexibility index (Phi) is 7.33. The van der Waals surface area contributed by atoms with E-state index in [0.29, 0.717) is 5.71 Å². The normalized spacial score (nSPS) is 11.8. The summed E-state index contributed by atoms with van der Waals surface area (Å²) in [7, 11) is -4.10. The fourth-order valence-corrected chi connectivity index (χ4v) is 4.66. The van der Waals surface area contributed by atoms with Crippen molar-refractivity contribution in [2.24, 2.45) is 5.10 Å². The molecular formula is C22H19Cl2N3O3S. The molecule has 0 spiro atoms. The van der Waals surface area contributed by atoms with Gasteiger partial charge in [-0.15, -0.1) is 0 Å². The van der Waals surface area contributed by atoms with Crippen LogP contribution in [0, 0.1) is 0 Å². The third-order valence-corrected chi connectivity index (χ3v) is 6.94. The Morgan fingerprint density at radius 1 is 0.935 bits per heavy atom. The number of rotatable bonds is 7. The summed E-state index contributed by atoms with van der Waals surface area (Å²) >= 11 is 12.4. The van der Waals surface area contributed by atoms with Crippen molar-refractivity contribution in [1.29, 1.82) is 0 Å². The largest absolute Gasteiger partial charge is 0.271 e. The average Bonchev–Trinajstić information content (AvgIpc) is 2.79. The lowest BCUT2D eigenvalue weighted by atomic mass is 10.1. The van der Waals surface area contributed by atoms with Crippen LogP contribution in [0.5, 0.6) is 0 Å². The van der Waals surface area contributed by atoms with Crippen LogP contribution in [-0.2, 0) is 14.8 Å². The number of hydrazone groups is 1. The molecule has 0 atom stereocenters. The molecule has 0 radical (unpaired) electrons. The van der Waals surface area contributed by atoms with Gasteiger partial charge >= 0.3 is 0 Å². The van der Waals surface area contributed by atoms with Crippen LogP contribution < -0.4 is 9.73 Å². The molecule has 0 unspecified atom stereocenters. The number of benzene rings is 3. The number of anilines is 1. The van der Waals surface area contributed by atoms with Crippen molar-refractivity contribution in [1.82, 2.24) is 5.43 Å². The Bertz CT molecular complexity index is 1200. The minimum Gasteiger partial charge on any atom is -0.271 e. The van der Waals surface area contributed by atoms with Crippen molar-refractivity contribution in [3.63, 3.8) is 0 Å². The van der Waals surface area contributed by atoms with Crippen LogP contribution in [0.15, 0.2) is 88.9 Å². The first kappa shape index (κ1) is 22.8. The first-order chi connectivity index (χ1) is 14.8. The number of carbonyl (C=O) groups excluding carboxylic acids is 1. The highest BCUT2D eigenvalue weighted by Gasteiger charge is 2.29. The predicted octanol–water partition coefficient (Wildman–Crippen LogP) is 4.73. The molecule has 6 nitrogen and oxygen atoms in total. The number of amides is 1. The number of nitrogens with one attached hydrogen (secondary N) is 1. The van der Waals surface area contributed by atoms with E-state index in [9.17, 15) is 13.2 Å². The van der Waals surface area contributed by atoms with Crippen molar-refractivity contribution in [3.8, 4) is 0 Å². The predicted molar refractivity (Wildman–Crippen MR) is 124 cm³/mol. The second-order valence-electron chi connectivity index (χ2n) is 6.50. The standard InChI is InChI=1S/C22H19Cl2N3O3S/c1-16(17-9-4-2-5-10-17)25-26-21(28)15-27(20-14-8-13-19(23)22(20)24)31(29,30)18-11-6-3-7-12-18/h2-14H,15H2,1H3,(H,26,28)/b25-16+. The Labute approximate surface area is 191 Å². The molecule has 0 aliphatic carbocycles. The summed E-state index contributed by atoms with van der Waals surface area (Å²) in [6, 6.07) is 21.6. The van der Waals surface area contributed by atoms with E-state index in [1.54, 1.807) is 31.2 Å². The lowest BCUT2D eigenvalue weighted by molar-refractivity contribution is -0.119. The van der Waals surface area contributed by atoms with E-state index in [4.69, 9.17) is 23.2 Å². The number of hydrogen-bond acceptors (Lipinski definition) is 4. The van der Waals surface area contributed by atoms with E-state index in [0.717, 1.165) is 9.87 Å². The summed E-state index contributed by atoms with van der Waals surface area (Å²) in [5.41, 5.74) is 3.90. The lowest BCUT2D eigenvalue weighted by Gasteiger charge is -2.25. The van der Waals surface area contributed by atoms with Gasteiger partial charge in [-0.05, 0) is 36.8 Å². The maximum absolute atomic E-state index is 13.3. The SMILES string of the molecule is C/C(=N\NC(=O)CN(c1cccc(Cl)c1Cl)S(=O)(=O)c1ccccc1)c1ccccc1. The zero-order valence-corrected chi connectivity index (χ0v) is 18.8. The molecule has 3 aromatic rings. The summed E-state index contributed by atoms with van der Waals surface area (Å²) in [5.74, 6) is -0.633. The molecule has 9 heteroatoms. The third-order valence-electron chi connectivity index (χ3n) is 4.36. The van der Waals surface area contributed by atoms with Crippen LogP contribution in [0.4, 0.5) is 5.69 Å². The highest BCUT2D eigenvalue weighted by Crippen LogP contribution is 2.35. The van der Waals surface area contributed by atoms with Crippen LogP contribution in [0.2, 0.25) is 10.0 Å². The van der Waals surface area contributed by atoms with Gasteiger partial charge in [0.25, 0.3) is 15.9 Å². The second kappa shape index (κ2) is 9.96. The maximum atomic E-state index is 13.3. The molecule has 3 rings (SSSR count). The van der Waals surface area contributed by atoms with Gasteiger partial charge in [0.05, 0.1) is 26.3 Å². The molecule has 0 saturated heterocycles. The van der Waals surface area contributed by atoms with E-state index < -0.39 is 22.5 Å². The van der Waals surface area contributed by atoms with Gasteiger partial charge in [-0.25, -0.2) is 13.8 Å². The molecule has 0 fully saturated rings. The van der Waals surface area contributed by atoms with Gasteiger partial charge in [0.15, 0.2) is 0 Å². The van der Waals surface area contributed by atoms with Crippen molar-refractivity contribution in [2.45, 2.75) is 11.8 Å². The summed E-state index contributed by atoms with van der Waals surface area (Å²) < 4.78 is 27.5.